The van der Waals surface area contributed by atoms with Gasteiger partial charge in [0.05, 0.1) is 5.69 Å². The number of fused-ring (bicyclic) bond motifs is 1. The van der Waals surface area contributed by atoms with Crippen LogP contribution < -0.4 is 4.90 Å². The van der Waals surface area contributed by atoms with Crippen LogP contribution >= 0.6 is 11.6 Å². The van der Waals surface area contributed by atoms with Crippen LogP contribution in [0.15, 0.2) is 54.7 Å². The number of carboxylic acid groups (broad SMARTS) is 1. The van der Waals surface area contributed by atoms with Gasteiger partial charge in [0.1, 0.15) is 23.5 Å². The van der Waals surface area contributed by atoms with E-state index < -0.39 is 23.8 Å². The largest absolute Gasteiger partial charge is 0.465 e. The lowest BCUT2D eigenvalue weighted by atomic mass is 9.90. The fourth-order valence-corrected chi connectivity index (χ4v) is 4.75. The van der Waals surface area contributed by atoms with Gasteiger partial charge in [-0.2, -0.15) is 0 Å². The van der Waals surface area contributed by atoms with E-state index in [-0.39, 0.29) is 18.7 Å². The second-order valence-corrected chi connectivity index (χ2v) is 8.73. The molecule has 5 rings (SSSR count). The molecule has 1 aromatic heterocycles. The number of carbonyl (C=O) groups is 1. The van der Waals surface area contributed by atoms with Gasteiger partial charge in [-0.1, -0.05) is 29.8 Å². The first-order chi connectivity index (χ1) is 16.8. The van der Waals surface area contributed by atoms with E-state index in [1.54, 1.807) is 36.4 Å². The number of hydroxylamine groups is 2. The normalized spacial score (nSPS) is 17.5. The van der Waals surface area contributed by atoms with Crippen molar-refractivity contribution in [2.45, 2.75) is 6.04 Å². The van der Waals surface area contributed by atoms with Crippen molar-refractivity contribution in [3.63, 3.8) is 0 Å². The zero-order chi connectivity index (χ0) is 24.7. The highest BCUT2D eigenvalue weighted by molar-refractivity contribution is 6.31. The first kappa shape index (κ1) is 23.1. The molecule has 1 unspecified atom stereocenters. The van der Waals surface area contributed by atoms with E-state index in [4.69, 9.17) is 16.6 Å². The lowest BCUT2D eigenvalue weighted by Gasteiger charge is -2.36. The summed E-state index contributed by atoms with van der Waals surface area (Å²) in [6.45, 7) is 1.35. The Bertz CT molecular complexity index is 1330. The predicted octanol–water partition coefficient (Wildman–Crippen LogP) is 5.25. The lowest BCUT2D eigenvalue weighted by Crippen LogP contribution is -2.48. The molecule has 0 bridgehead atoms. The van der Waals surface area contributed by atoms with E-state index in [1.165, 1.54) is 23.2 Å². The third kappa shape index (κ3) is 4.28. The number of hydrogen-bond donors (Lipinski definition) is 2. The van der Waals surface area contributed by atoms with Crippen LogP contribution in [0.1, 0.15) is 22.9 Å². The van der Waals surface area contributed by atoms with Gasteiger partial charge >= 0.3 is 6.09 Å². The zero-order valence-electron chi connectivity index (χ0n) is 18.4. The Hall–Kier alpha value is -3.69. The molecule has 0 saturated carbocycles. The van der Waals surface area contributed by atoms with Gasteiger partial charge in [-0.3, -0.25) is 10.3 Å². The molecule has 2 N–H and O–H groups in total. The highest BCUT2D eigenvalue weighted by Gasteiger charge is 2.32. The standard InChI is InChI=1S/C25H21ClF2N4O3/c26-20-4-2-1-3-18(20)24-23-17(7-8-32(24)35)19(16-6-5-15(27)13-21(16)28)14-22(29-23)30-9-11-31(12-10-30)25(33)34/h1-8,13-14,24,35H,9-12H2,(H,33,34). The monoisotopic (exact) mass is 498 g/mol. The van der Waals surface area contributed by atoms with Crippen molar-refractivity contribution in [3.05, 3.63) is 88.2 Å². The Morgan fingerprint density at radius 2 is 1.77 bits per heavy atom. The molecule has 2 aliphatic heterocycles. The maximum absolute atomic E-state index is 14.9. The van der Waals surface area contributed by atoms with E-state index in [1.807, 2.05) is 4.90 Å². The summed E-state index contributed by atoms with van der Waals surface area (Å²) < 4.78 is 28.6. The van der Waals surface area contributed by atoms with E-state index in [9.17, 15) is 23.9 Å². The average Bonchev–Trinajstić information content (AvgIpc) is 2.84. The minimum atomic E-state index is -0.989. The quantitative estimate of drug-likeness (QED) is 0.514. The third-order valence-electron chi connectivity index (χ3n) is 6.29. The van der Waals surface area contributed by atoms with Crippen molar-refractivity contribution in [2.24, 2.45) is 0 Å². The summed E-state index contributed by atoms with van der Waals surface area (Å²) in [5.41, 5.74) is 2.28. The van der Waals surface area contributed by atoms with Gasteiger partial charge in [0, 0.05) is 60.2 Å². The Balaban J connectivity index is 1.68. The number of benzene rings is 2. The molecular formula is C25H21ClF2N4O3. The van der Waals surface area contributed by atoms with Crippen LogP contribution in [0.5, 0.6) is 0 Å². The van der Waals surface area contributed by atoms with E-state index >= 15 is 0 Å². The highest BCUT2D eigenvalue weighted by Crippen LogP contribution is 2.42. The fourth-order valence-electron chi connectivity index (χ4n) is 4.51. The van der Waals surface area contributed by atoms with Gasteiger partial charge in [0.2, 0.25) is 0 Å². The van der Waals surface area contributed by atoms with Gasteiger partial charge in [-0.05, 0) is 35.9 Å². The lowest BCUT2D eigenvalue weighted by molar-refractivity contribution is -0.0696. The first-order valence-electron chi connectivity index (χ1n) is 11.0. The number of nitrogens with zero attached hydrogens (tertiary/aromatic N) is 4. The van der Waals surface area contributed by atoms with Crippen molar-refractivity contribution in [3.8, 4) is 11.1 Å². The highest BCUT2D eigenvalue weighted by atomic mass is 35.5. The van der Waals surface area contributed by atoms with Crippen molar-refractivity contribution in [1.29, 1.82) is 0 Å². The Morgan fingerprint density at radius 1 is 1.03 bits per heavy atom. The molecule has 0 spiro atoms. The summed E-state index contributed by atoms with van der Waals surface area (Å²) >= 11 is 6.46. The number of piperazine rings is 1. The molecule has 7 nitrogen and oxygen atoms in total. The molecule has 1 atom stereocenters. The number of hydrogen-bond acceptors (Lipinski definition) is 5. The Kier molecular flexibility index (Phi) is 6.04. The maximum Gasteiger partial charge on any atom is 0.407 e. The molecule has 1 fully saturated rings. The van der Waals surface area contributed by atoms with Crippen LogP contribution in [0.3, 0.4) is 0 Å². The summed E-state index contributed by atoms with van der Waals surface area (Å²) in [6.07, 6.45) is 2.09. The first-order valence-corrected chi connectivity index (χ1v) is 11.3. The number of amides is 1. The van der Waals surface area contributed by atoms with Crippen LogP contribution in [0, 0.1) is 11.6 Å². The molecular weight excluding hydrogens is 478 g/mol. The Morgan fingerprint density at radius 3 is 2.46 bits per heavy atom. The number of pyridine rings is 1. The summed E-state index contributed by atoms with van der Waals surface area (Å²) in [6, 6.07) is 11.4. The van der Waals surface area contributed by atoms with Gasteiger partial charge in [-0.25, -0.2) is 18.6 Å². The van der Waals surface area contributed by atoms with Crippen molar-refractivity contribution >= 4 is 29.6 Å². The van der Waals surface area contributed by atoms with Crippen LogP contribution in [0.2, 0.25) is 5.02 Å². The van der Waals surface area contributed by atoms with Gasteiger partial charge in [0.25, 0.3) is 0 Å². The topological polar surface area (TPSA) is 80.1 Å². The minimum Gasteiger partial charge on any atom is -0.465 e. The second kappa shape index (κ2) is 9.16. The molecule has 0 radical (unpaired) electrons. The number of aromatic nitrogens is 1. The molecule has 2 aromatic carbocycles. The molecule has 1 amide bonds. The molecule has 180 valence electrons. The Labute approximate surface area is 205 Å². The second-order valence-electron chi connectivity index (χ2n) is 8.33. The SMILES string of the molecule is O=C(O)N1CCN(c2cc(-c3ccc(F)cc3F)c3c(n2)C(c2ccccc2Cl)N(O)C=C3)CC1. The minimum absolute atomic E-state index is 0.185. The molecule has 0 aliphatic carbocycles. The van der Waals surface area contributed by atoms with E-state index in [0.29, 0.717) is 46.3 Å². The van der Waals surface area contributed by atoms with Crippen molar-refractivity contribution in [2.75, 3.05) is 31.1 Å². The van der Waals surface area contributed by atoms with Crippen LogP contribution in [-0.2, 0) is 0 Å². The number of anilines is 1. The zero-order valence-corrected chi connectivity index (χ0v) is 19.2. The van der Waals surface area contributed by atoms with Gasteiger partial charge in [-0.15, -0.1) is 0 Å². The molecule has 10 heteroatoms. The smallest absolute Gasteiger partial charge is 0.407 e. The van der Waals surface area contributed by atoms with Gasteiger partial charge in [0.15, 0.2) is 0 Å². The fraction of sp³-hybridized carbons (Fsp3) is 0.200. The molecule has 3 aromatic rings. The summed E-state index contributed by atoms with van der Waals surface area (Å²) in [5, 5.41) is 21.5. The molecule has 2 aliphatic rings. The van der Waals surface area contributed by atoms with E-state index in [2.05, 4.69) is 0 Å². The van der Waals surface area contributed by atoms with Gasteiger partial charge < -0.3 is 14.9 Å². The summed E-state index contributed by atoms with van der Waals surface area (Å²) in [4.78, 5) is 19.4. The van der Waals surface area contributed by atoms with Crippen LogP contribution in [-0.4, -0.2) is 57.5 Å². The summed E-state index contributed by atoms with van der Waals surface area (Å²) in [5.74, 6) is -0.923. The molecule has 1 saturated heterocycles. The summed E-state index contributed by atoms with van der Waals surface area (Å²) in [7, 11) is 0. The van der Waals surface area contributed by atoms with Crippen molar-refractivity contribution in [1.82, 2.24) is 14.9 Å². The van der Waals surface area contributed by atoms with Crippen LogP contribution in [0.4, 0.5) is 19.4 Å². The number of halogens is 3. The van der Waals surface area contributed by atoms with Crippen LogP contribution in [0.25, 0.3) is 17.2 Å². The van der Waals surface area contributed by atoms with Crippen molar-refractivity contribution < 1.29 is 23.9 Å². The third-order valence-corrected chi connectivity index (χ3v) is 6.63. The maximum atomic E-state index is 14.9. The molecule has 3 heterocycles. The molecule has 35 heavy (non-hydrogen) atoms. The predicted molar refractivity (Wildman–Crippen MR) is 127 cm³/mol. The number of rotatable bonds is 3. The van der Waals surface area contributed by atoms with E-state index in [0.717, 1.165) is 11.1 Å². The average molecular weight is 499 g/mol.